The zero-order valence-corrected chi connectivity index (χ0v) is 36.0. The molecule has 0 spiro atoms. The van der Waals surface area contributed by atoms with Crippen molar-refractivity contribution in [2.75, 3.05) is 47.5 Å². The Bertz CT molecular complexity index is 1170. The van der Waals surface area contributed by atoms with Gasteiger partial charge in [0, 0.05) is 25.2 Å². The van der Waals surface area contributed by atoms with E-state index in [0.717, 1.165) is 57.8 Å². The number of carbonyl (C=O) groups is 2. The molecule has 1 heterocycles. The minimum absolute atomic E-state index is 0.0197. The lowest BCUT2D eigenvalue weighted by Gasteiger charge is -2.36. The second-order valence-electron chi connectivity index (χ2n) is 15.9. The number of likely N-dealkylation sites (N-methyl/N-ethyl adjacent to an activating group) is 1. The van der Waals surface area contributed by atoms with Crippen LogP contribution in [0.1, 0.15) is 136 Å². The molecular weight excluding hydrogens is 741 g/mol. The van der Waals surface area contributed by atoms with Crippen LogP contribution in [0, 0.1) is 5.92 Å². The van der Waals surface area contributed by atoms with Crippen molar-refractivity contribution in [3.05, 3.63) is 36.5 Å². The number of phosphoric acid groups is 1. The average Bonchev–Trinajstić information content (AvgIpc) is 3.12. The first kappa shape index (κ1) is 52.1. The Kier molecular flexibility index (Phi) is 28.9. The SMILES string of the molecule is CCCC/C=C\CCCCCCCC(=O)OC[C@H](COP(=O)(O)OCC[N+](C)(C)C)OC(=O)CCC/C=C\C[C@H]1[C@@H](O)CC(O)O[C@@H]1/C=C/[C@@H](O)CCCCC. The molecule has 1 rings (SSSR count). The molecule has 1 aliphatic heterocycles. The van der Waals surface area contributed by atoms with E-state index in [1.54, 1.807) is 12.2 Å². The molecule has 7 atom stereocenters. The Labute approximate surface area is 337 Å². The number of aliphatic hydroxyl groups excluding tert-OH is 3. The van der Waals surface area contributed by atoms with Gasteiger partial charge in [0.15, 0.2) is 12.4 Å². The lowest BCUT2D eigenvalue weighted by Crippen LogP contribution is -2.43. The smallest absolute Gasteiger partial charge is 0.462 e. The van der Waals surface area contributed by atoms with Crippen molar-refractivity contribution in [3.8, 4) is 0 Å². The minimum Gasteiger partial charge on any atom is -0.462 e. The molecule has 2 unspecified atom stereocenters. The number of ether oxygens (including phenoxy) is 3. The third-order valence-corrected chi connectivity index (χ3v) is 10.4. The van der Waals surface area contributed by atoms with Gasteiger partial charge in [0.25, 0.3) is 0 Å². The van der Waals surface area contributed by atoms with Gasteiger partial charge in [-0.15, -0.1) is 0 Å². The highest BCUT2D eigenvalue weighted by Gasteiger charge is 2.35. The summed E-state index contributed by atoms with van der Waals surface area (Å²) >= 11 is 0. The van der Waals surface area contributed by atoms with Crippen LogP contribution >= 0.6 is 7.82 Å². The molecule has 13 nitrogen and oxygen atoms in total. The van der Waals surface area contributed by atoms with E-state index in [1.165, 1.54) is 12.8 Å². The standard InChI is InChI=1S/C42H76NO12P/c1-6-8-10-11-12-13-14-15-16-17-22-26-40(46)51-33-36(34-53-56(49,50)52-31-30-43(3,4)5)54-41(47)27-23-19-18-21-25-37-38(45)32-42(48)55-39(37)29-28-35(44)24-20-9-7-2/h11-12,18,21,28-29,35-39,42,44-45,48H,6-10,13-17,19-20,22-27,30-34H2,1-5H3/p+1/b12-11-,21-18-,29-28+/t35-,36+,37-,38-,39+,42?/m0/s1. The molecular formula is C42H77NO12P+. The molecule has 56 heavy (non-hydrogen) atoms. The first-order valence-corrected chi connectivity index (χ1v) is 22.6. The lowest BCUT2D eigenvalue weighted by atomic mass is 9.87. The topological polar surface area (TPSA) is 178 Å². The number of quaternary nitrogens is 1. The van der Waals surface area contributed by atoms with E-state index in [1.807, 2.05) is 33.3 Å². The second-order valence-corrected chi connectivity index (χ2v) is 17.3. The number of hydrogen-bond acceptors (Lipinski definition) is 11. The summed E-state index contributed by atoms with van der Waals surface area (Å²) in [4.78, 5) is 35.5. The Morgan fingerprint density at radius 3 is 2.18 bits per heavy atom. The molecule has 0 aliphatic carbocycles. The van der Waals surface area contributed by atoms with E-state index in [4.69, 9.17) is 23.3 Å². The Hall–Kier alpha value is -1.93. The van der Waals surface area contributed by atoms with Crippen LogP contribution < -0.4 is 0 Å². The molecule has 0 bridgehead atoms. The van der Waals surface area contributed by atoms with Crippen molar-refractivity contribution in [1.82, 2.24) is 0 Å². The van der Waals surface area contributed by atoms with Crippen LogP contribution in [0.5, 0.6) is 0 Å². The van der Waals surface area contributed by atoms with Crippen LogP contribution in [-0.4, -0.2) is 115 Å². The number of allylic oxidation sites excluding steroid dienone is 4. The zero-order chi connectivity index (χ0) is 41.7. The number of unbranched alkanes of at least 4 members (excludes halogenated alkanes) is 10. The Morgan fingerprint density at radius 2 is 1.46 bits per heavy atom. The van der Waals surface area contributed by atoms with Gasteiger partial charge in [-0.1, -0.05) is 102 Å². The fourth-order valence-electron chi connectivity index (χ4n) is 5.97. The molecule has 1 saturated heterocycles. The van der Waals surface area contributed by atoms with Crippen molar-refractivity contribution in [2.45, 2.75) is 167 Å². The number of aliphatic hydroxyl groups is 3. The van der Waals surface area contributed by atoms with Crippen LogP contribution in [0.4, 0.5) is 0 Å². The van der Waals surface area contributed by atoms with Gasteiger partial charge in [-0.05, 0) is 51.4 Å². The maximum atomic E-state index is 12.8. The predicted molar refractivity (Wildman–Crippen MR) is 218 cm³/mol. The third kappa shape index (κ3) is 28.5. The normalized spacial score (nSPS) is 21.4. The van der Waals surface area contributed by atoms with Crippen LogP contribution in [0.25, 0.3) is 0 Å². The molecule has 0 aromatic carbocycles. The minimum atomic E-state index is -4.45. The van der Waals surface area contributed by atoms with E-state index in [-0.39, 0.29) is 38.4 Å². The van der Waals surface area contributed by atoms with Gasteiger partial charge in [-0.2, -0.15) is 0 Å². The van der Waals surface area contributed by atoms with E-state index >= 15 is 0 Å². The maximum absolute atomic E-state index is 12.8. The summed E-state index contributed by atoms with van der Waals surface area (Å²) in [5.41, 5.74) is 0. The molecule has 0 amide bonds. The summed E-state index contributed by atoms with van der Waals surface area (Å²) in [6, 6.07) is 0. The first-order chi connectivity index (χ1) is 26.7. The van der Waals surface area contributed by atoms with E-state index in [0.29, 0.717) is 43.1 Å². The molecule has 326 valence electrons. The number of nitrogens with zero attached hydrogens (tertiary/aromatic N) is 1. The summed E-state index contributed by atoms with van der Waals surface area (Å²) in [7, 11) is 1.30. The second kappa shape index (κ2) is 31.1. The monoisotopic (exact) mass is 819 g/mol. The molecule has 14 heteroatoms. The molecule has 1 aliphatic rings. The Balaban J connectivity index is 2.60. The number of hydrogen-bond donors (Lipinski definition) is 4. The summed E-state index contributed by atoms with van der Waals surface area (Å²) in [5, 5.41) is 31.0. The van der Waals surface area contributed by atoms with Crippen LogP contribution in [0.2, 0.25) is 0 Å². The lowest BCUT2D eigenvalue weighted by molar-refractivity contribution is -0.870. The highest BCUT2D eigenvalue weighted by atomic mass is 31.2. The van der Waals surface area contributed by atoms with Crippen molar-refractivity contribution in [3.63, 3.8) is 0 Å². The van der Waals surface area contributed by atoms with Crippen molar-refractivity contribution in [1.29, 1.82) is 0 Å². The first-order valence-electron chi connectivity index (χ1n) is 21.1. The highest BCUT2D eigenvalue weighted by molar-refractivity contribution is 7.47. The quantitative estimate of drug-likeness (QED) is 0.0169. The zero-order valence-electron chi connectivity index (χ0n) is 35.1. The maximum Gasteiger partial charge on any atom is 0.472 e. The van der Waals surface area contributed by atoms with Gasteiger partial charge in [-0.25, -0.2) is 4.57 Å². The van der Waals surface area contributed by atoms with Gasteiger partial charge in [0.1, 0.15) is 19.8 Å². The summed E-state index contributed by atoms with van der Waals surface area (Å²) in [6.45, 7) is 3.92. The molecule has 0 radical (unpaired) electrons. The van der Waals surface area contributed by atoms with E-state index in [9.17, 15) is 34.4 Å². The summed E-state index contributed by atoms with van der Waals surface area (Å²) in [6.07, 6.45) is 22.5. The van der Waals surface area contributed by atoms with E-state index in [2.05, 4.69) is 26.0 Å². The van der Waals surface area contributed by atoms with E-state index < -0.39 is 57.1 Å². The largest absolute Gasteiger partial charge is 0.472 e. The van der Waals surface area contributed by atoms with Gasteiger partial charge < -0.3 is 38.9 Å². The number of esters is 2. The van der Waals surface area contributed by atoms with Gasteiger partial charge in [-0.3, -0.25) is 18.6 Å². The highest BCUT2D eigenvalue weighted by Crippen LogP contribution is 2.43. The molecule has 4 N–H and O–H groups in total. The van der Waals surface area contributed by atoms with Crippen molar-refractivity contribution >= 4 is 19.8 Å². The van der Waals surface area contributed by atoms with Crippen LogP contribution in [0.15, 0.2) is 36.5 Å². The fraction of sp³-hybridized carbons (Fsp3) is 0.810. The van der Waals surface area contributed by atoms with Gasteiger partial charge in [0.05, 0.1) is 46.1 Å². The van der Waals surface area contributed by atoms with Gasteiger partial charge >= 0.3 is 19.8 Å². The number of carbonyl (C=O) groups excluding carboxylic acids is 2. The molecule has 0 aromatic rings. The summed E-state index contributed by atoms with van der Waals surface area (Å²) < 4.78 is 39.8. The third-order valence-electron chi connectivity index (χ3n) is 9.44. The number of phosphoric ester groups is 1. The van der Waals surface area contributed by atoms with Gasteiger partial charge in [0.2, 0.25) is 0 Å². The number of rotatable bonds is 33. The fourth-order valence-corrected chi connectivity index (χ4v) is 6.72. The summed E-state index contributed by atoms with van der Waals surface area (Å²) in [5.74, 6) is -1.33. The molecule has 0 saturated carbocycles. The predicted octanol–water partition coefficient (Wildman–Crippen LogP) is 7.46. The molecule has 0 aromatic heterocycles. The van der Waals surface area contributed by atoms with Crippen molar-refractivity contribution < 1.29 is 62.1 Å². The Morgan fingerprint density at radius 1 is 0.821 bits per heavy atom. The average molecular weight is 819 g/mol. The molecule has 1 fully saturated rings. The van der Waals surface area contributed by atoms with Crippen LogP contribution in [0.3, 0.4) is 0 Å². The van der Waals surface area contributed by atoms with Crippen molar-refractivity contribution in [2.24, 2.45) is 5.92 Å². The van der Waals surface area contributed by atoms with Crippen LogP contribution in [-0.2, 0) is 37.4 Å².